The minimum Gasteiger partial charge on any atom is -0.375 e. The van der Waals surface area contributed by atoms with Crippen LogP contribution in [0.2, 0.25) is 0 Å². The van der Waals surface area contributed by atoms with E-state index in [0.717, 1.165) is 51.4 Å². The van der Waals surface area contributed by atoms with Gasteiger partial charge in [0.2, 0.25) is 0 Å². The topological polar surface area (TPSA) is 43.4 Å². The summed E-state index contributed by atoms with van der Waals surface area (Å²) in [5, 5.41) is 0. The van der Waals surface area contributed by atoms with Crippen molar-refractivity contribution in [3.8, 4) is 0 Å². The lowest BCUT2D eigenvalue weighted by Crippen LogP contribution is -2.32. The molecule has 0 saturated heterocycles. The van der Waals surface area contributed by atoms with Crippen LogP contribution in [0.25, 0.3) is 0 Å². The van der Waals surface area contributed by atoms with Crippen molar-refractivity contribution in [2.45, 2.75) is 77.4 Å². The maximum Gasteiger partial charge on any atom is 0.132 e. The fraction of sp³-hybridized carbons (Fsp3) is 0.875. The molecule has 0 N–H and O–H groups in total. The maximum atomic E-state index is 11.3. The molecule has 2 rings (SSSR count). The molecule has 2 fully saturated rings. The highest BCUT2D eigenvalue weighted by atomic mass is 16.5. The number of ether oxygens (including phenoxy) is 1. The molecule has 3 nitrogen and oxygen atoms in total. The third-order valence-corrected chi connectivity index (χ3v) is 4.88. The fourth-order valence-electron chi connectivity index (χ4n) is 3.48. The predicted octanol–water partition coefficient (Wildman–Crippen LogP) is 3.30. The van der Waals surface area contributed by atoms with Gasteiger partial charge in [-0.1, -0.05) is 0 Å². The molecule has 2 aliphatic carbocycles. The Balaban J connectivity index is 1.69. The first-order valence-electron chi connectivity index (χ1n) is 7.72. The summed E-state index contributed by atoms with van der Waals surface area (Å²) in [7, 11) is 0. The minimum absolute atomic E-state index is 0.272. The van der Waals surface area contributed by atoms with Gasteiger partial charge in [0, 0.05) is 11.8 Å². The molecule has 0 unspecified atom stereocenters. The standard InChI is InChI=1S/C16H26O3/c1-11(17)13-3-7-15(8-4-13)19-16-9-5-14(6-10-16)12(2)18/h13-16H,3-10H2,1-2H3. The summed E-state index contributed by atoms with van der Waals surface area (Å²) in [5.41, 5.74) is 0. The Morgan fingerprint density at radius 2 is 1.00 bits per heavy atom. The average Bonchev–Trinajstić information content (AvgIpc) is 2.40. The Morgan fingerprint density at radius 3 is 1.26 bits per heavy atom. The van der Waals surface area contributed by atoms with Crippen LogP contribution in [-0.2, 0) is 14.3 Å². The van der Waals surface area contributed by atoms with Crippen LogP contribution in [0.4, 0.5) is 0 Å². The van der Waals surface area contributed by atoms with E-state index in [2.05, 4.69) is 0 Å². The van der Waals surface area contributed by atoms with Crippen molar-refractivity contribution in [2.24, 2.45) is 11.8 Å². The van der Waals surface area contributed by atoms with Crippen LogP contribution >= 0.6 is 0 Å². The smallest absolute Gasteiger partial charge is 0.132 e. The zero-order valence-electron chi connectivity index (χ0n) is 12.2. The monoisotopic (exact) mass is 266 g/mol. The largest absolute Gasteiger partial charge is 0.375 e. The van der Waals surface area contributed by atoms with Crippen LogP contribution in [0, 0.1) is 11.8 Å². The molecule has 0 aromatic heterocycles. The summed E-state index contributed by atoms with van der Waals surface area (Å²) in [6.45, 7) is 3.41. The van der Waals surface area contributed by atoms with Gasteiger partial charge in [0.1, 0.15) is 11.6 Å². The predicted molar refractivity (Wildman–Crippen MR) is 73.9 cm³/mol. The third-order valence-electron chi connectivity index (χ3n) is 4.88. The quantitative estimate of drug-likeness (QED) is 0.784. The Morgan fingerprint density at radius 1 is 0.684 bits per heavy atom. The molecule has 3 heteroatoms. The fourth-order valence-corrected chi connectivity index (χ4v) is 3.48. The Kier molecular flexibility index (Phi) is 5.14. The van der Waals surface area contributed by atoms with Gasteiger partial charge >= 0.3 is 0 Å². The number of ketones is 2. The lowest BCUT2D eigenvalue weighted by Gasteiger charge is -2.33. The molecule has 0 aliphatic heterocycles. The summed E-state index contributed by atoms with van der Waals surface area (Å²) in [5.74, 6) is 1.21. The number of carbonyl (C=O) groups excluding carboxylic acids is 2. The van der Waals surface area contributed by atoms with Crippen molar-refractivity contribution in [1.82, 2.24) is 0 Å². The van der Waals surface area contributed by atoms with E-state index in [1.807, 2.05) is 0 Å². The van der Waals surface area contributed by atoms with Crippen LogP contribution in [0.3, 0.4) is 0 Å². The highest BCUT2D eigenvalue weighted by Crippen LogP contribution is 2.32. The Bertz CT molecular complexity index is 289. The number of hydrogen-bond acceptors (Lipinski definition) is 3. The van der Waals surface area contributed by atoms with Crippen LogP contribution in [0.15, 0.2) is 0 Å². The summed E-state index contributed by atoms with van der Waals surface area (Å²) in [6.07, 6.45) is 8.74. The van der Waals surface area contributed by atoms with Crippen molar-refractivity contribution in [3.05, 3.63) is 0 Å². The molecular weight excluding hydrogens is 240 g/mol. The van der Waals surface area contributed by atoms with Gasteiger partial charge in [0.25, 0.3) is 0 Å². The molecule has 0 aromatic carbocycles. The van der Waals surface area contributed by atoms with Gasteiger partial charge in [-0.15, -0.1) is 0 Å². The first-order valence-corrected chi connectivity index (χ1v) is 7.72. The van der Waals surface area contributed by atoms with Gasteiger partial charge in [0.05, 0.1) is 12.2 Å². The van der Waals surface area contributed by atoms with Gasteiger partial charge in [0.15, 0.2) is 0 Å². The van der Waals surface area contributed by atoms with Crippen LogP contribution in [0.1, 0.15) is 65.2 Å². The van der Waals surface area contributed by atoms with Gasteiger partial charge in [-0.2, -0.15) is 0 Å². The zero-order chi connectivity index (χ0) is 13.8. The van der Waals surface area contributed by atoms with Crippen molar-refractivity contribution in [3.63, 3.8) is 0 Å². The van der Waals surface area contributed by atoms with E-state index in [4.69, 9.17) is 4.74 Å². The zero-order valence-corrected chi connectivity index (χ0v) is 12.2. The molecule has 2 saturated carbocycles. The molecule has 0 bridgehead atoms. The number of hydrogen-bond donors (Lipinski definition) is 0. The molecule has 0 spiro atoms. The van der Waals surface area contributed by atoms with E-state index in [-0.39, 0.29) is 11.8 Å². The first-order chi connectivity index (χ1) is 9.06. The van der Waals surface area contributed by atoms with Crippen LogP contribution < -0.4 is 0 Å². The van der Waals surface area contributed by atoms with Crippen LogP contribution in [-0.4, -0.2) is 23.8 Å². The Hall–Kier alpha value is -0.700. The molecule has 0 atom stereocenters. The van der Waals surface area contributed by atoms with E-state index in [1.54, 1.807) is 13.8 Å². The molecule has 0 radical (unpaired) electrons. The van der Waals surface area contributed by atoms with Crippen LogP contribution in [0.5, 0.6) is 0 Å². The second-order valence-corrected chi connectivity index (χ2v) is 6.30. The van der Waals surface area contributed by atoms with E-state index >= 15 is 0 Å². The van der Waals surface area contributed by atoms with E-state index in [0.29, 0.717) is 23.8 Å². The second-order valence-electron chi connectivity index (χ2n) is 6.30. The molecule has 0 heterocycles. The number of rotatable bonds is 4. The molecule has 108 valence electrons. The summed E-state index contributed by atoms with van der Waals surface area (Å²) in [6, 6.07) is 0. The second kappa shape index (κ2) is 6.65. The normalized spacial score (nSPS) is 35.9. The van der Waals surface area contributed by atoms with E-state index < -0.39 is 0 Å². The highest BCUT2D eigenvalue weighted by molar-refractivity contribution is 5.78. The van der Waals surface area contributed by atoms with E-state index in [9.17, 15) is 9.59 Å². The molecule has 2 aliphatic rings. The van der Waals surface area contributed by atoms with Crippen molar-refractivity contribution < 1.29 is 14.3 Å². The molecular formula is C16H26O3. The van der Waals surface area contributed by atoms with E-state index in [1.165, 1.54) is 0 Å². The lowest BCUT2D eigenvalue weighted by molar-refractivity contribution is -0.124. The summed E-state index contributed by atoms with van der Waals surface area (Å²) in [4.78, 5) is 22.6. The molecule has 0 aromatic rings. The SMILES string of the molecule is CC(=O)C1CCC(OC2CCC(C(C)=O)CC2)CC1. The third kappa shape index (κ3) is 4.13. The van der Waals surface area contributed by atoms with Gasteiger partial charge < -0.3 is 4.74 Å². The molecule has 19 heavy (non-hydrogen) atoms. The Labute approximate surface area is 116 Å². The summed E-state index contributed by atoms with van der Waals surface area (Å²) >= 11 is 0. The van der Waals surface area contributed by atoms with Gasteiger partial charge in [-0.25, -0.2) is 0 Å². The van der Waals surface area contributed by atoms with Crippen molar-refractivity contribution in [2.75, 3.05) is 0 Å². The minimum atomic E-state index is 0.272. The molecule has 0 amide bonds. The lowest BCUT2D eigenvalue weighted by atomic mass is 9.83. The van der Waals surface area contributed by atoms with Gasteiger partial charge in [-0.05, 0) is 65.2 Å². The van der Waals surface area contributed by atoms with Crippen molar-refractivity contribution >= 4 is 11.6 Å². The first kappa shape index (κ1) is 14.7. The average molecular weight is 266 g/mol. The maximum absolute atomic E-state index is 11.3. The number of carbonyl (C=O) groups is 2. The summed E-state index contributed by atoms with van der Waals surface area (Å²) < 4.78 is 6.17. The highest BCUT2D eigenvalue weighted by Gasteiger charge is 2.29. The number of Topliss-reactive ketones (excluding diaryl/α,β-unsaturated/α-hetero) is 2. The van der Waals surface area contributed by atoms with Gasteiger partial charge in [-0.3, -0.25) is 9.59 Å². The van der Waals surface area contributed by atoms with Crippen molar-refractivity contribution in [1.29, 1.82) is 0 Å².